The molecule has 0 aromatic carbocycles. The topological polar surface area (TPSA) is 69.2 Å². The van der Waals surface area contributed by atoms with Crippen LogP contribution in [0.3, 0.4) is 0 Å². The lowest BCUT2D eigenvalue weighted by Crippen LogP contribution is -2.43. The number of hydrogen-bond acceptors (Lipinski definition) is 6. The van der Waals surface area contributed by atoms with Gasteiger partial charge in [-0.15, -0.1) is 23.7 Å². The quantitative estimate of drug-likeness (QED) is 0.919. The molecule has 1 atom stereocenters. The summed E-state index contributed by atoms with van der Waals surface area (Å²) in [5, 5.41) is 4.85. The molecule has 1 unspecified atom stereocenters. The summed E-state index contributed by atoms with van der Waals surface area (Å²) in [6.07, 6.45) is 5.81. The van der Waals surface area contributed by atoms with E-state index >= 15 is 0 Å². The second-order valence-electron chi connectivity index (χ2n) is 4.62. The van der Waals surface area contributed by atoms with E-state index in [0.29, 0.717) is 5.13 Å². The second-order valence-corrected chi connectivity index (χ2v) is 5.77. The fourth-order valence-electron chi connectivity index (χ4n) is 2.27. The first-order valence-electron chi connectivity index (χ1n) is 6.31. The summed E-state index contributed by atoms with van der Waals surface area (Å²) in [4.78, 5) is 7.67. The number of ether oxygens (including phenoxy) is 1. The maximum atomic E-state index is 5.79. The lowest BCUT2D eigenvalue weighted by molar-refractivity contribution is -0.0399. The molecule has 1 aliphatic rings. The van der Waals surface area contributed by atoms with Crippen LogP contribution in [0.2, 0.25) is 0 Å². The molecule has 0 bridgehead atoms. The lowest BCUT2D eigenvalue weighted by Gasteiger charge is -2.32. The van der Waals surface area contributed by atoms with Gasteiger partial charge in [0.25, 0.3) is 0 Å². The van der Waals surface area contributed by atoms with Crippen LogP contribution in [0.4, 0.5) is 5.13 Å². The van der Waals surface area contributed by atoms with E-state index in [0.717, 1.165) is 32.8 Å². The van der Waals surface area contributed by atoms with Gasteiger partial charge in [0.2, 0.25) is 0 Å². The first-order chi connectivity index (χ1) is 9.29. The van der Waals surface area contributed by atoms with E-state index in [4.69, 9.17) is 10.5 Å². The average molecular weight is 316 g/mol. The molecular formula is C12H18ClN5OS. The minimum atomic E-state index is 0. The predicted molar refractivity (Wildman–Crippen MR) is 81.0 cm³/mol. The molecule has 3 rings (SSSR count). The van der Waals surface area contributed by atoms with Crippen molar-refractivity contribution in [2.75, 3.05) is 25.4 Å². The number of anilines is 1. The van der Waals surface area contributed by atoms with Gasteiger partial charge in [-0.3, -0.25) is 9.58 Å². The van der Waals surface area contributed by atoms with Gasteiger partial charge in [-0.1, -0.05) is 0 Å². The number of morpholine rings is 1. The average Bonchev–Trinajstić information content (AvgIpc) is 3.02. The zero-order chi connectivity index (χ0) is 13.1. The number of aromatic nitrogens is 3. The first kappa shape index (κ1) is 15.2. The Hall–Kier alpha value is -1.15. The maximum Gasteiger partial charge on any atom is 0.180 e. The van der Waals surface area contributed by atoms with Crippen LogP contribution in [0.15, 0.2) is 24.7 Å². The number of rotatable bonds is 4. The Bertz CT molecular complexity index is 518. The normalized spacial score (nSPS) is 19.7. The molecule has 6 nitrogen and oxygen atoms in total. The Kier molecular flexibility index (Phi) is 5.36. The van der Waals surface area contributed by atoms with Crippen LogP contribution >= 0.6 is 23.7 Å². The zero-order valence-corrected chi connectivity index (χ0v) is 12.6. The van der Waals surface area contributed by atoms with Crippen molar-refractivity contribution in [2.45, 2.75) is 19.2 Å². The predicted octanol–water partition coefficient (Wildman–Crippen LogP) is 1.24. The minimum Gasteiger partial charge on any atom is -0.375 e. The Morgan fingerprint density at radius 2 is 2.40 bits per heavy atom. The first-order valence-corrected chi connectivity index (χ1v) is 7.13. The zero-order valence-electron chi connectivity index (χ0n) is 11.0. The molecule has 110 valence electrons. The third kappa shape index (κ3) is 3.92. The van der Waals surface area contributed by atoms with Crippen LogP contribution in [-0.2, 0) is 17.8 Å². The third-order valence-corrected chi connectivity index (χ3v) is 3.93. The van der Waals surface area contributed by atoms with Crippen molar-refractivity contribution >= 4 is 28.9 Å². The van der Waals surface area contributed by atoms with Crippen LogP contribution in [0.1, 0.15) is 4.88 Å². The van der Waals surface area contributed by atoms with Gasteiger partial charge < -0.3 is 10.5 Å². The number of nitrogens with zero attached hydrogens (tertiary/aromatic N) is 4. The Balaban J connectivity index is 0.00000147. The van der Waals surface area contributed by atoms with Gasteiger partial charge >= 0.3 is 0 Å². The van der Waals surface area contributed by atoms with Crippen molar-refractivity contribution in [1.29, 1.82) is 0 Å². The van der Waals surface area contributed by atoms with Crippen molar-refractivity contribution in [3.8, 4) is 0 Å². The maximum absolute atomic E-state index is 5.79. The van der Waals surface area contributed by atoms with E-state index < -0.39 is 0 Å². The van der Waals surface area contributed by atoms with E-state index in [1.54, 1.807) is 17.5 Å². The molecular weight excluding hydrogens is 298 g/mol. The van der Waals surface area contributed by atoms with Crippen molar-refractivity contribution in [1.82, 2.24) is 19.7 Å². The highest BCUT2D eigenvalue weighted by molar-refractivity contribution is 7.15. The molecule has 8 heteroatoms. The van der Waals surface area contributed by atoms with Crippen molar-refractivity contribution in [3.05, 3.63) is 29.5 Å². The molecule has 2 aromatic heterocycles. The highest BCUT2D eigenvalue weighted by atomic mass is 35.5. The molecule has 0 amide bonds. The fourth-order valence-corrected chi connectivity index (χ4v) is 2.99. The van der Waals surface area contributed by atoms with Gasteiger partial charge in [0.15, 0.2) is 5.13 Å². The number of nitrogens with two attached hydrogens (primary N) is 1. The smallest absolute Gasteiger partial charge is 0.180 e. The summed E-state index contributed by atoms with van der Waals surface area (Å²) < 4.78 is 7.70. The van der Waals surface area contributed by atoms with Gasteiger partial charge in [-0.05, 0) is 6.07 Å². The molecule has 0 radical (unpaired) electrons. The summed E-state index contributed by atoms with van der Waals surface area (Å²) in [7, 11) is 0. The standard InChI is InChI=1S/C12H17N5OS.ClH/c13-12-14-6-11(19-12)9-16-4-5-18-10(7-16)8-17-3-1-2-15-17;/h1-3,6,10H,4-5,7-9H2,(H2,13,14);1H. The van der Waals surface area contributed by atoms with E-state index in [2.05, 4.69) is 15.0 Å². The number of hydrogen-bond donors (Lipinski definition) is 1. The summed E-state index contributed by atoms with van der Waals surface area (Å²) in [6, 6.07) is 1.93. The SMILES string of the molecule is Cl.Nc1ncc(CN2CCOC(Cn3cccn3)C2)s1. The molecule has 0 spiro atoms. The largest absolute Gasteiger partial charge is 0.375 e. The van der Waals surface area contributed by atoms with Gasteiger partial charge in [-0.25, -0.2) is 4.98 Å². The number of nitrogen functional groups attached to an aromatic ring is 1. The van der Waals surface area contributed by atoms with Gasteiger partial charge in [-0.2, -0.15) is 5.10 Å². The van der Waals surface area contributed by atoms with Crippen LogP contribution in [0, 0.1) is 0 Å². The van der Waals surface area contributed by atoms with Crippen molar-refractivity contribution < 1.29 is 4.74 Å². The molecule has 1 saturated heterocycles. The highest BCUT2D eigenvalue weighted by Crippen LogP contribution is 2.18. The molecule has 1 fully saturated rings. The third-order valence-electron chi connectivity index (χ3n) is 3.12. The monoisotopic (exact) mass is 315 g/mol. The van der Waals surface area contributed by atoms with Gasteiger partial charge in [0.1, 0.15) is 0 Å². The minimum absolute atomic E-state index is 0. The lowest BCUT2D eigenvalue weighted by atomic mass is 10.2. The van der Waals surface area contributed by atoms with Crippen LogP contribution in [-0.4, -0.2) is 45.5 Å². The fraction of sp³-hybridized carbons (Fsp3) is 0.500. The van der Waals surface area contributed by atoms with Gasteiger partial charge in [0, 0.05) is 43.1 Å². The van der Waals surface area contributed by atoms with Crippen molar-refractivity contribution in [3.63, 3.8) is 0 Å². The van der Waals surface area contributed by atoms with Crippen LogP contribution in [0.5, 0.6) is 0 Å². The summed E-state index contributed by atoms with van der Waals surface area (Å²) in [5.74, 6) is 0. The molecule has 2 aromatic rings. The molecule has 20 heavy (non-hydrogen) atoms. The summed E-state index contributed by atoms with van der Waals surface area (Å²) in [5.41, 5.74) is 5.65. The Labute approximate surface area is 128 Å². The summed E-state index contributed by atoms with van der Waals surface area (Å²) in [6.45, 7) is 4.33. The van der Waals surface area contributed by atoms with Crippen molar-refractivity contribution in [2.24, 2.45) is 0 Å². The second kappa shape index (κ2) is 7.03. The van der Waals surface area contributed by atoms with E-state index in [1.165, 1.54) is 4.88 Å². The Morgan fingerprint density at radius 3 is 3.10 bits per heavy atom. The number of halogens is 1. The van der Waals surface area contributed by atoms with E-state index in [1.807, 2.05) is 23.1 Å². The molecule has 0 aliphatic carbocycles. The highest BCUT2D eigenvalue weighted by Gasteiger charge is 2.21. The molecule has 1 aliphatic heterocycles. The summed E-state index contributed by atoms with van der Waals surface area (Å²) >= 11 is 1.55. The number of thiazole rings is 1. The molecule has 3 heterocycles. The molecule has 2 N–H and O–H groups in total. The van der Waals surface area contributed by atoms with Gasteiger partial charge in [0.05, 0.1) is 19.3 Å². The van der Waals surface area contributed by atoms with E-state index in [9.17, 15) is 0 Å². The van der Waals surface area contributed by atoms with E-state index in [-0.39, 0.29) is 18.5 Å². The van der Waals surface area contributed by atoms with Crippen LogP contribution < -0.4 is 5.73 Å². The van der Waals surface area contributed by atoms with Crippen LogP contribution in [0.25, 0.3) is 0 Å². The Morgan fingerprint density at radius 1 is 1.50 bits per heavy atom. The molecule has 0 saturated carbocycles.